The summed E-state index contributed by atoms with van der Waals surface area (Å²) in [6.45, 7) is 3.38. The molecule has 9 nitrogen and oxygen atoms in total. The summed E-state index contributed by atoms with van der Waals surface area (Å²) < 4.78 is 9.54. The molecule has 0 radical (unpaired) electrons. The van der Waals surface area contributed by atoms with Crippen molar-refractivity contribution in [3.8, 4) is 5.75 Å². The number of ether oxygens (including phenoxy) is 2. The van der Waals surface area contributed by atoms with Crippen LogP contribution in [0.5, 0.6) is 5.75 Å². The lowest BCUT2D eigenvalue weighted by molar-refractivity contribution is -0.394. The molecule has 1 atom stereocenters. The van der Waals surface area contributed by atoms with Gasteiger partial charge in [0.1, 0.15) is 6.61 Å². The highest BCUT2D eigenvalue weighted by Crippen LogP contribution is 2.40. The zero-order valence-corrected chi connectivity index (χ0v) is 13.2. The first-order chi connectivity index (χ1) is 10.8. The molecule has 0 aromatic heterocycles. The lowest BCUT2D eigenvalue weighted by atomic mass is 9.96. The van der Waals surface area contributed by atoms with E-state index in [1.807, 2.05) is 0 Å². The fourth-order valence-electron chi connectivity index (χ4n) is 1.79. The van der Waals surface area contributed by atoms with Gasteiger partial charge >= 0.3 is 11.8 Å². The molecule has 0 saturated carbocycles. The first-order valence-electron chi connectivity index (χ1n) is 6.69. The second-order valence-electron chi connectivity index (χ2n) is 4.60. The van der Waals surface area contributed by atoms with Crippen LogP contribution in [0.4, 0.5) is 16.2 Å². The van der Waals surface area contributed by atoms with Gasteiger partial charge in [-0.05, 0) is 12.3 Å². The number of benzene rings is 1. The van der Waals surface area contributed by atoms with Gasteiger partial charge in [-0.15, -0.1) is 11.6 Å². The molecule has 0 aliphatic rings. The molecular weight excluding hydrogens is 332 g/mol. The van der Waals surface area contributed by atoms with Crippen molar-refractivity contribution in [3.63, 3.8) is 0 Å². The third-order valence-corrected chi connectivity index (χ3v) is 3.27. The fraction of sp³-hybridized carbons (Fsp3) is 0.462. The number of hydrogen-bond donors (Lipinski definition) is 0. The van der Waals surface area contributed by atoms with E-state index in [4.69, 9.17) is 16.3 Å². The van der Waals surface area contributed by atoms with Gasteiger partial charge in [-0.1, -0.05) is 13.8 Å². The van der Waals surface area contributed by atoms with Crippen LogP contribution in [0.3, 0.4) is 0 Å². The highest BCUT2D eigenvalue weighted by Gasteiger charge is 2.29. The smallest absolute Gasteiger partial charge is 0.433 e. The maximum atomic E-state index is 11.6. The Hall–Kier alpha value is -2.42. The molecule has 0 bridgehead atoms. The van der Waals surface area contributed by atoms with Crippen LogP contribution in [0, 0.1) is 20.2 Å². The fourth-order valence-corrected chi connectivity index (χ4v) is 1.87. The molecule has 0 saturated heterocycles. The molecule has 23 heavy (non-hydrogen) atoms. The molecule has 0 amide bonds. The van der Waals surface area contributed by atoms with Crippen molar-refractivity contribution in [2.45, 2.75) is 26.2 Å². The van der Waals surface area contributed by atoms with E-state index in [9.17, 15) is 25.0 Å². The van der Waals surface area contributed by atoms with E-state index in [0.717, 1.165) is 12.1 Å². The Labute approximate surface area is 136 Å². The van der Waals surface area contributed by atoms with Crippen molar-refractivity contribution in [3.05, 3.63) is 37.9 Å². The normalized spacial score (nSPS) is 11.6. The van der Waals surface area contributed by atoms with E-state index in [2.05, 4.69) is 4.74 Å². The third-order valence-electron chi connectivity index (χ3n) is 3.12. The molecule has 0 spiro atoms. The van der Waals surface area contributed by atoms with Gasteiger partial charge in [0.05, 0.1) is 21.8 Å². The number of nitro groups is 2. The molecule has 126 valence electrons. The van der Waals surface area contributed by atoms with Crippen LogP contribution in [0.2, 0.25) is 0 Å². The molecule has 10 heteroatoms. The number of halogens is 1. The summed E-state index contributed by atoms with van der Waals surface area (Å²) in [4.78, 5) is 32.1. The average molecular weight is 347 g/mol. The van der Waals surface area contributed by atoms with Crippen molar-refractivity contribution in [1.82, 2.24) is 0 Å². The van der Waals surface area contributed by atoms with Crippen LogP contribution in [0.25, 0.3) is 0 Å². The number of carbonyl (C=O) groups excluding carboxylic acids is 1. The number of non-ortho nitro benzene ring substituents is 1. The molecule has 1 aromatic carbocycles. The topological polar surface area (TPSA) is 122 Å². The van der Waals surface area contributed by atoms with Crippen molar-refractivity contribution in [1.29, 1.82) is 0 Å². The van der Waals surface area contributed by atoms with Gasteiger partial charge in [0, 0.05) is 11.6 Å². The predicted molar refractivity (Wildman–Crippen MR) is 81.2 cm³/mol. The quantitative estimate of drug-likeness (QED) is 0.242. The van der Waals surface area contributed by atoms with Gasteiger partial charge in [0.25, 0.3) is 5.69 Å². The largest absolute Gasteiger partial charge is 0.514 e. The molecule has 1 rings (SSSR count). The summed E-state index contributed by atoms with van der Waals surface area (Å²) in [6, 6.07) is 1.90. The van der Waals surface area contributed by atoms with E-state index >= 15 is 0 Å². The van der Waals surface area contributed by atoms with Crippen LogP contribution < -0.4 is 4.74 Å². The molecular formula is C13H15ClN2O7. The van der Waals surface area contributed by atoms with Crippen LogP contribution in [0.1, 0.15) is 31.7 Å². The standard InChI is InChI=1S/C13H15ClN2O7/c1-3-8(2)10-6-9(15(18)19)7-11(16(20)21)12(10)23-13(17)22-5-4-14/h6-8H,3-5H2,1-2H3/t8-/m1/s1. The molecule has 0 N–H and O–H groups in total. The van der Waals surface area contributed by atoms with E-state index in [-0.39, 0.29) is 29.7 Å². The number of hydrogen-bond acceptors (Lipinski definition) is 7. The first kappa shape index (κ1) is 18.6. The van der Waals surface area contributed by atoms with E-state index < -0.39 is 27.4 Å². The van der Waals surface area contributed by atoms with Crippen LogP contribution in [-0.2, 0) is 4.74 Å². The zero-order chi connectivity index (χ0) is 17.6. The predicted octanol–water partition coefficient (Wildman–Crippen LogP) is 3.77. The Kier molecular flexibility index (Phi) is 6.70. The number of nitro benzene ring substituents is 2. The second kappa shape index (κ2) is 8.28. The van der Waals surface area contributed by atoms with Gasteiger partial charge in [0.2, 0.25) is 5.75 Å². The lowest BCUT2D eigenvalue weighted by Crippen LogP contribution is -2.15. The van der Waals surface area contributed by atoms with Gasteiger partial charge in [-0.25, -0.2) is 4.79 Å². The maximum Gasteiger partial charge on any atom is 0.514 e. The Bertz CT molecular complexity index is 621. The Balaban J connectivity index is 3.40. The number of carbonyl (C=O) groups is 1. The van der Waals surface area contributed by atoms with Crippen LogP contribution >= 0.6 is 11.6 Å². The summed E-state index contributed by atoms with van der Waals surface area (Å²) in [5.74, 6) is -0.616. The summed E-state index contributed by atoms with van der Waals surface area (Å²) in [7, 11) is 0. The second-order valence-corrected chi connectivity index (χ2v) is 4.97. The van der Waals surface area contributed by atoms with Gasteiger partial charge in [0.15, 0.2) is 0 Å². The summed E-state index contributed by atoms with van der Waals surface area (Å²) >= 11 is 5.37. The van der Waals surface area contributed by atoms with E-state index in [0.29, 0.717) is 6.42 Å². The minimum absolute atomic E-state index is 0.0374. The number of rotatable bonds is 7. The Morgan fingerprint density at radius 1 is 1.30 bits per heavy atom. The molecule has 0 aliphatic carbocycles. The SMILES string of the molecule is CC[C@@H](C)c1cc([N+](=O)[O-])cc([N+](=O)[O-])c1OC(=O)OCCCl. The highest BCUT2D eigenvalue weighted by molar-refractivity contribution is 6.18. The highest BCUT2D eigenvalue weighted by atomic mass is 35.5. The van der Waals surface area contributed by atoms with E-state index in [1.165, 1.54) is 0 Å². The van der Waals surface area contributed by atoms with Gasteiger partial charge in [-0.2, -0.15) is 0 Å². The van der Waals surface area contributed by atoms with Crippen molar-refractivity contribution in [2.24, 2.45) is 0 Å². The molecule has 0 aliphatic heterocycles. The number of alkyl halides is 1. The maximum absolute atomic E-state index is 11.6. The Morgan fingerprint density at radius 3 is 2.43 bits per heavy atom. The molecule has 0 fully saturated rings. The number of nitrogens with zero attached hydrogens (tertiary/aromatic N) is 2. The molecule has 0 heterocycles. The summed E-state index contributed by atoms with van der Waals surface area (Å²) in [5.41, 5.74) is -0.929. The lowest BCUT2D eigenvalue weighted by Gasteiger charge is -2.14. The molecule has 1 aromatic rings. The zero-order valence-electron chi connectivity index (χ0n) is 12.5. The minimum atomic E-state index is -1.16. The Morgan fingerprint density at radius 2 is 1.96 bits per heavy atom. The third kappa shape index (κ3) is 4.78. The first-order valence-corrected chi connectivity index (χ1v) is 7.22. The van der Waals surface area contributed by atoms with Crippen molar-refractivity contribution < 1.29 is 24.1 Å². The van der Waals surface area contributed by atoms with Gasteiger partial charge < -0.3 is 9.47 Å². The summed E-state index contributed by atoms with van der Waals surface area (Å²) in [5, 5.41) is 22.1. The van der Waals surface area contributed by atoms with Gasteiger partial charge in [-0.3, -0.25) is 20.2 Å². The average Bonchev–Trinajstić information content (AvgIpc) is 2.51. The van der Waals surface area contributed by atoms with Crippen LogP contribution in [-0.4, -0.2) is 28.5 Å². The van der Waals surface area contributed by atoms with E-state index in [1.54, 1.807) is 13.8 Å². The van der Waals surface area contributed by atoms with Crippen molar-refractivity contribution in [2.75, 3.05) is 12.5 Å². The monoisotopic (exact) mass is 346 g/mol. The van der Waals surface area contributed by atoms with Crippen LogP contribution in [0.15, 0.2) is 12.1 Å². The molecule has 0 unspecified atom stereocenters. The summed E-state index contributed by atoms with van der Waals surface area (Å²) in [6.07, 6.45) is -0.627. The van der Waals surface area contributed by atoms with Crippen molar-refractivity contribution >= 4 is 29.1 Å². The minimum Gasteiger partial charge on any atom is -0.433 e.